The zero-order valence-corrected chi connectivity index (χ0v) is 18.4. The van der Waals surface area contributed by atoms with E-state index in [4.69, 9.17) is 0 Å². The van der Waals surface area contributed by atoms with Crippen molar-refractivity contribution in [2.24, 2.45) is 0 Å². The fourth-order valence-corrected chi connectivity index (χ4v) is 5.07. The van der Waals surface area contributed by atoms with Gasteiger partial charge in [-0.1, -0.05) is 35.6 Å². The van der Waals surface area contributed by atoms with E-state index in [1.54, 1.807) is 0 Å². The van der Waals surface area contributed by atoms with Gasteiger partial charge in [-0.25, -0.2) is 0 Å². The number of aryl methyl sites for hydroxylation is 2. The monoisotopic (exact) mass is 438 g/mol. The number of rotatable bonds is 6. The van der Waals surface area contributed by atoms with Gasteiger partial charge in [-0.15, -0.1) is 22.0 Å². The lowest BCUT2D eigenvalue weighted by atomic mass is 10.1. The van der Waals surface area contributed by atoms with Gasteiger partial charge in [-0.3, -0.25) is 14.9 Å². The molecule has 8 heteroatoms. The third-order valence-electron chi connectivity index (χ3n) is 4.79. The maximum absolute atomic E-state index is 12.6. The van der Waals surface area contributed by atoms with Crippen LogP contribution in [0.5, 0.6) is 0 Å². The van der Waals surface area contributed by atoms with Crippen molar-refractivity contribution >= 4 is 45.7 Å². The van der Waals surface area contributed by atoms with Crippen molar-refractivity contribution in [1.82, 2.24) is 10.2 Å². The number of amides is 2. The number of carbonyl (C=O) groups is 2. The van der Waals surface area contributed by atoms with Crippen LogP contribution in [0.25, 0.3) is 0 Å². The second kappa shape index (κ2) is 8.97. The van der Waals surface area contributed by atoms with Crippen LogP contribution in [-0.4, -0.2) is 34.3 Å². The molecule has 0 bridgehead atoms. The van der Waals surface area contributed by atoms with Gasteiger partial charge in [0.05, 0.1) is 5.75 Å². The molecule has 1 aromatic heterocycles. The van der Waals surface area contributed by atoms with Crippen molar-refractivity contribution < 1.29 is 9.59 Å². The number of nitrogens with zero attached hydrogens (tertiary/aromatic N) is 3. The molecular weight excluding hydrogens is 416 g/mol. The van der Waals surface area contributed by atoms with E-state index in [0.29, 0.717) is 23.8 Å². The summed E-state index contributed by atoms with van der Waals surface area (Å²) in [6.07, 6.45) is 0.402. The average molecular weight is 439 g/mol. The van der Waals surface area contributed by atoms with Gasteiger partial charge in [0.25, 0.3) is 0 Å². The van der Waals surface area contributed by atoms with Gasteiger partial charge < -0.3 is 4.90 Å². The Labute approximate surface area is 183 Å². The Balaban J connectivity index is 1.37. The lowest BCUT2D eigenvalue weighted by Crippen LogP contribution is -2.24. The molecule has 2 heterocycles. The SMILES string of the molecule is Cc1cc(C)cc(N2C[C@H](c3nnc(NC(=O)CSc4ccccc4)s3)CC2=O)c1. The summed E-state index contributed by atoms with van der Waals surface area (Å²) in [7, 11) is 0. The molecule has 3 aromatic rings. The number of thioether (sulfide) groups is 1. The largest absolute Gasteiger partial charge is 0.312 e. The number of benzene rings is 2. The summed E-state index contributed by atoms with van der Waals surface area (Å²) in [5, 5.41) is 12.4. The van der Waals surface area contributed by atoms with Gasteiger partial charge in [-0.2, -0.15) is 0 Å². The standard InChI is InChI=1S/C22H22N4O2S2/c1-14-8-15(2)10-17(9-14)26-12-16(11-20(26)28)21-24-25-22(30-21)23-19(27)13-29-18-6-4-3-5-7-18/h3-10,16H,11-13H2,1-2H3,(H,23,25,27)/t16-/m1/s1. The molecular formula is C22H22N4O2S2. The van der Waals surface area contributed by atoms with Crippen LogP contribution < -0.4 is 10.2 Å². The lowest BCUT2D eigenvalue weighted by Gasteiger charge is -2.17. The molecule has 1 aliphatic heterocycles. The molecule has 0 radical (unpaired) electrons. The van der Waals surface area contributed by atoms with Crippen LogP contribution >= 0.6 is 23.1 Å². The summed E-state index contributed by atoms with van der Waals surface area (Å²) in [4.78, 5) is 27.7. The fraction of sp³-hybridized carbons (Fsp3) is 0.273. The highest BCUT2D eigenvalue weighted by Crippen LogP contribution is 2.35. The summed E-state index contributed by atoms with van der Waals surface area (Å²) >= 11 is 2.82. The first kappa shape index (κ1) is 20.6. The van der Waals surface area contributed by atoms with Crippen molar-refractivity contribution in [1.29, 1.82) is 0 Å². The van der Waals surface area contributed by atoms with Crippen LogP contribution in [0.4, 0.5) is 10.8 Å². The number of anilines is 2. The summed E-state index contributed by atoms with van der Waals surface area (Å²) in [5.41, 5.74) is 3.20. The molecule has 1 aliphatic rings. The molecule has 30 heavy (non-hydrogen) atoms. The molecule has 0 saturated carbocycles. The van der Waals surface area contributed by atoms with E-state index >= 15 is 0 Å². The summed E-state index contributed by atoms with van der Waals surface area (Å²) in [6.45, 7) is 4.64. The molecule has 0 aliphatic carbocycles. The van der Waals surface area contributed by atoms with E-state index in [2.05, 4.69) is 21.6 Å². The highest BCUT2D eigenvalue weighted by molar-refractivity contribution is 8.00. The maximum atomic E-state index is 12.6. The number of hydrogen-bond acceptors (Lipinski definition) is 6. The number of aromatic nitrogens is 2. The molecule has 0 unspecified atom stereocenters. The van der Waals surface area contributed by atoms with Crippen molar-refractivity contribution in [3.8, 4) is 0 Å². The van der Waals surface area contributed by atoms with E-state index in [0.717, 1.165) is 26.7 Å². The normalized spacial score (nSPS) is 16.1. The first-order valence-corrected chi connectivity index (χ1v) is 11.5. The molecule has 2 amide bonds. The third kappa shape index (κ3) is 4.88. The first-order valence-electron chi connectivity index (χ1n) is 9.67. The van der Waals surface area contributed by atoms with Crippen LogP contribution in [0, 0.1) is 13.8 Å². The van der Waals surface area contributed by atoms with Crippen molar-refractivity contribution in [3.05, 3.63) is 64.7 Å². The summed E-state index contributed by atoms with van der Waals surface area (Å²) < 4.78 is 0. The number of carbonyl (C=O) groups excluding carboxylic acids is 2. The predicted octanol–water partition coefficient (Wildman–Crippen LogP) is 4.41. The first-order chi connectivity index (χ1) is 14.5. The van der Waals surface area contributed by atoms with Crippen molar-refractivity contribution in [2.45, 2.75) is 31.1 Å². The number of nitrogens with one attached hydrogen (secondary N) is 1. The predicted molar refractivity (Wildman–Crippen MR) is 121 cm³/mol. The van der Waals surface area contributed by atoms with Gasteiger partial charge in [0, 0.05) is 29.5 Å². The topological polar surface area (TPSA) is 75.2 Å². The van der Waals surface area contributed by atoms with Gasteiger partial charge >= 0.3 is 0 Å². The van der Waals surface area contributed by atoms with Crippen LogP contribution in [0.3, 0.4) is 0 Å². The second-order valence-electron chi connectivity index (χ2n) is 7.35. The summed E-state index contributed by atoms with van der Waals surface area (Å²) in [6, 6.07) is 15.9. The Hall–Kier alpha value is -2.71. The average Bonchev–Trinajstić information content (AvgIpc) is 3.33. The minimum Gasteiger partial charge on any atom is -0.312 e. The smallest absolute Gasteiger partial charge is 0.236 e. The minimum absolute atomic E-state index is 0.0137. The second-order valence-corrected chi connectivity index (χ2v) is 9.40. The van der Waals surface area contributed by atoms with Gasteiger partial charge in [-0.05, 0) is 49.2 Å². The molecule has 1 N–H and O–H groups in total. The number of hydrogen-bond donors (Lipinski definition) is 1. The van der Waals surface area contributed by atoms with E-state index in [1.807, 2.05) is 61.2 Å². The highest BCUT2D eigenvalue weighted by Gasteiger charge is 2.34. The molecule has 0 spiro atoms. The van der Waals surface area contributed by atoms with Crippen molar-refractivity contribution in [3.63, 3.8) is 0 Å². The molecule has 154 valence electrons. The van der Waals surface area contributed by atoms with Gasteiger partial charge in [0.15, 0.2) is 0 Å². The fourth-order valence-electron chi connectivity index (χ4n) is 3.50. The Morgan fingerprint density at radius 1 is 1.17 bits per heavy atom. The molecule has 1 atom stereocenters. The molecule has 4 rings (SSSR count). The Morgan fingerprint density at radius 2 is 1.90 bits per heavy atom. The minimum atomic E-state index is -0.120. The lowest BCUT2D eigenvalue weighted by molar-refractivity contribution is -0.117. The molecule has 2 aromatic carbocycles. The van der Waals surface area contributed by atoms with Crippen LogP contribution in [0.15, 0.2) is 53.4 Å². The van der Waals surface area contributed by atoms with E-state index < -0.39 is 0 Å². The van der Waals surface area contributed by atoms with Gasteiger partial charge in [0.1, 0.15) is 5.01 Å². The quantitative estimate of drug-likeness (QED) is 0.577. The Kier molecular flexibility index (Phi) is 6.15. The van der Waals surface area contributed by atoms with Gasteiger partial charge in [0.2, 0.25) is 16.9 Å². The Bertz CT molecular complexity index is 1050. The van der Waals surface area contributed by atoms with Crippen LogP contribution in [0.1, 0.15) is 28.5 Å². The maximum Gasteiger partial charge on any atom is 0.236 e. The Morgan fingerprint density at radius 3 is 2.63 bits per heavy atom. The third-order valence-corrected chi connectivity index (χ3v) is 6.81. The van der Waals surface area contributed by atoms with Crippen LogP contribution in [-0.2, 0) is 9.59 Å². The summed E-state index contributed by atoms with van der Waals surface area (Å²) in [5.74, 6) is 0.262. The zero-order chi connectivity index (χ0) is 21.1. The van der Waals surface area contributed by atoms with E-state index in [1.165, 1.54) is 23.1 Å². The highest BCUT2D eigenvalue weighted by atomic mass is 32.2. The zero-order valence-electron chi connectivity index (χ0n) is 16.8. The van der Waals surface area contributed by atoms with Crippen molar-refractivity contribution in [2.75, 3.05) is 22.5 Å². The molecule has 1 fully saturated rings. The van der Waals surface area contributed by atoms with Crippen LogP contribution in [0.2, 0.25) is 0 Å². The molecule has 1 saturated heterocycles. The van der Waals surface area contributed by atoms with E-state index in [9.17, 15) is 9.59 Å². The molecule has 6 nitrogen and oxygen atoms in total. The van der Waals surface area contributed by atoms with E-state index in [-0.39, 0.29) is 17.7 Å².